The Labute approximate surface area is 131 Å². The Kier molecular flexibility index (Phi) is 4.46. The number of aliphatic hydroxyl groups excluding tert-OH is 1. The lowest BCUT2D eigenvalue weighted by Gasteiger charge is -2.23. The highest BCUT2D eigenvalue weighted by atomic mass is 16.5. The molecule has 3 rings (SSSR count). The highest BCUT2D eigenvalue weighted by Crippen LogP contribution is 2.32. The molecule has 0 amide bonds. The summed E-state index contributed by atoms with van der Waals surface area (Å²) in [7, 11) is 1.70. The van der Waals surface area contributed by atoms with Gasteiger partial charge in [-0.3, -0.25) is 0 Å². The minimum absolute atomic E-state index is 0.0147. The van der Waals surface area contributed by atoms with Crippen molar-refractivity contribution >= 4 is 0 Å². The first kappa shape index (κ1) is 15.1. The molecule has 2 aromatic carbocycles. The van der Waals surface area contributed by atoms with Crippen molar-refractivity contribution in [3.63, 3.8) is 0 Å². The van der Waals surface area contributed by atoms with E-state index in [4.69, 9.17) is 4.74 Å². The topological polar surface area (TPSA) is 41.5 Å². The summed E-state index contributed by atoms with van der Waals surface area (Å²) in [6, 6.07) is 16.6. The lowest BCUT2D eigenvalue weighted by Crippen LogP contribution is -2.36. The fraction of sp³-hybridized carbons (Fsp3) is 0.368. The van der Waals surface area contributed by atoms with Crippen LogP contribution in [0.2, 0.25) is 0 Å². The van der Waals surface area contributed by atoms with Gasteiger partial charge in [-0.2, -0.15) is 0 Å². The van der Waals surface area contributed by atoms with Gasteiger partial charge in [0, 0.05) is 12.5 Å². The van der Waals surface area contributed by atoms with Gasteiger partial charge in [0.1, 0.15) is 5.75 Å². The van der Waals surface area contributed by atoms with Crippen LogP contribution in [0.5, 0.6) is 5.75 Å². The second-order valence-corrected chi connectivity index (χ2v) is 6.03. The average Bonchev–Trinajstić information content (AvgIpc) is 2.84. The van der Waals surface area contributed by atoms with Crippen LogP contribution in [0, 0.1) is 0 Å². The zero-order valence-corrected chi connectivity index (χ0v) is 13.1. The monoisotopic (exact) mass is 297 g/mol. The van der Waals surface area contributed by atoms with E-state index in [0.717, 1.165) is 18.6 Å². The molecule has 3 heteroatoms. The molecule has 0 heterocycles. The highest BCUT2D eigenvalue weighted by molar-refractivity contribution is 5.37. The van der Waals surface area contributed by atoms with Gasteiger partial charge in [0.05, 0.1) is 19.3 Å². The standard InChI is InChI=1S/C19H23NO2/c1-13(11-15-8-4-6-10-18(15)22-2)20-19-16-9-5-3-7-14(16)12-17(19)21/h3-10,13,17,19-21H,11-12H2,1-2H3/t13?,17-,19+/m0/s1. The van der Waals surface area contributed by atoms with Crippen molar-refractivity contribution in [2.45, 2.75) is 38.0 Å². The molecule has 3 atom stereocenters. The summed E-state index contributed by atoms with van der Waals surface area (Å²) in [5.74, 6) is 0.920. The van der Waals surface area contributed by atoms with Crippen LogP contribution >= 0.6 is 0 Å². The third kappa shape index (κ3) is 3.01. The Hall–Kier alpha value is -1.84. The summed E-state index contributed by atoms with van der Waals surface area (Å²) in [6.45, 7) is 2.15. The number of rotatable bonds is 5. The lowest BCUT2D eigenvalue weighted by atomic mass is 10.0. The molecule has 0 saturated carbocycles. The summed E-state index contributed by atoms with van der Waals surface area (Å²) in [5.41, 5.74) is 3.66. The Balaban J connectivity index is 1.71. The van der Waals surface area contributed by atoms with E-state index in [-0.39, 0.29) is 18.2 Å². The van der Waals surface area contributed by atoms with Crippen molar-refractivity contribution in [1.82, 2.24) is 5.32 Å². The predicted octanol–water partition coefficient (Wildman–Crippen LogP) is 2.87. The number of fused-ring (bicyclic) bond motifs is 1. The van der Waals surface area contributed by atoms with Crippen LogP contribution in [0.15, 0.2) is 48.5 Å². The molecule has 0 aromatic heterocycles. The quantitative estimate of drug-likeness (QED) is 0.891. The number of benzene rings is 2. The van der Waals surface area contributed by atoms with Crippen LogP contribution < -0.4 is 10.1 Å². The smallest absolute Gasteiger partial charge is 0.122 e. The summed E-state index contributed by atoms with van der Waals surface area (Å²) in [6.07, 6.45) is 1.25. The van der Waals surface area contributed by atoms with E-state index in [0.29, 0.717) is 0 Å². The van der Waals surface area contributed by atoms with E-state index in [1.807, 2.05) is 30.3 Å². The molecule has 0 spiro atoms. The number of hydrogen-bond acceptors (Lipinski definition) is 3. The summed E-state index contributed by atoms with van der Waals surface area (Å²) < 4.78 is 5.42. The normalized spacial score (nSPS) is 21.4. The fourth-order valence-electron chi connectivity index (χ4n) is 3.34. The molecule has 1 unspecified atom stereocenters. The Morgan fingerprint density at radius 1 is 1.18 bits per heavy atom. The van der Waals surface area contributed by atoms with Crippen molar-refractivity contribution in [1.29, 1.82) is 0 Å². The largest absolute Gasteiger partial charge is 0.496 e. The minimum atomic E-state index is -0.350. The molecule has 116 valence electrons. The Morgan fingerprint density at radius 3 is 2.73 bits per heavy atom. The maximum atomic E-state index is 10.3. The molecule has 0 aliphatic heterocycles. The highest BCUT2D eigenvalue weighted by Gasteiger charge is 2.31. The number of ether oxygens (including phenoxy) is 1. The molecule has 2 aromatic rings. The number of para-hydroxylation sites is 1. The van der Waals surface area contributed by atoms with E-state index >= 15 is 0 Å². The Bertz CT molecular complexity index is 641. The van der Waals surface area contributed by atoms with Crippen molar-refractivity contribution in [3.05, 3.63) is 65.2 Å². The third-order valence-corrected chi connectivity index (χ3v) is 4.39. The predicted molar refractivity (Wildman–Crippen MR) is 88.2 cm³/mol. The summed E-state index contributed by atoms with van der Waals surface area (Å²) in [4.78, 5) is 0. The second kappa shape index (κ2) is 6.51. The molecular formula is C19H23NO2. The maximum absolute atomic E-state index is 10.3. The third-order valence-electron chi connectivity index (χ3n) is 4.39. The van der Waals surface area contributed by atoms with Crippen molar-refractivity contribution < 1.29 is 9.84 Å². The maximum Gasteiger partial charge on any atom is 0.122 e. The van der Waals surface area contributed by atoms with Gasteiger partial charge in [-0.15, -0.1) is 0 Å². The van der Waals surface area contributed by atoms with Gasteiger partial charge in [-0.1, -0.05) is 42.5 Å². The van der Waals surface area contributed by atoms with E-state index in [1.165, 1.54) is 16.7 Å². The molecule has 3 nitrogen and oxygen atoms in total. The molecule has 0 fully saturated rings. The van der Waals surface area contributed by atoms with Gasteiger partial charge in [-0.05, 0) is 36.1 Å². The molecular weight excluding hydrogens is 274 g/mol. The zero-order chi connectivity index (χ0) is 15.5. The molecule has 22 heavy (non-hydrogen) atoms. The van der Waals surface area contributed by atoms with E-state index in [9.17, 15) is 5.11 Å². The first-order valence-electron chi connectivity index (χ1n) is 7.83. The van der Waals surface area contributed by atoms with E-state index in [1.54, 1.807) is 7.11 Å². The van der Waals surface area contributed by atoms with Gasteiger partial charge in [-0.25, -0.2) is 0 Å². The lowest BCUT2D eigenvalue weighted by molar-refractivity contribution is 0.135. The van der Waals surface area contributed by atoms with E-state index < -0.39 is 0 Å². The van der Waals surface area contributed by atoms with Crippen LogP contribution in [-0.4, -0.2) is 24.4 Å². The van der Waals surface area contributed by atoms with Crippen molar-refractivity contribution in [3.8, 4) is 5.75 Å². The Morgan fingerprint density at radius 2 is 1.91 bits per heavy atom. The van der Waals surface area contributed by atoms with Gasteiger partial charge in [0.2, 0.25) is 0 Å². The van der Waals surface area contributed by atoms with Crippen LogP contribution in [0.1, 0.15) is 29.7 Å². The molecule has 1 aliphatic carbocycles. The average molecular weight is 297 g/mol. The zero-order valence-electron chi connectivity index (χ0n) is 13.1. The van der Waals surface area contributed by atoms with Crippen LogP contribution in [0.3, 0.4) is 0 Å². The second-order valence-electron chi connectivity index (χ2n) is 6.03. The van der Waals surface area contributed by atoms with E-state index in [2.05, 4.69) is 30.4 Å². The number of methoxy groups -OCH3 is 1. The number of hydrogen-bond donors (Lipinski definition) is 2. The van der Waals surface area contributed by atoms with Crippen molar-refractivity contribution in [2.75, 3.05) is 7.11 Å². The number of nitrogens with one attached hydrogen (secondary N) is 1. The summed E-state index contributed by atoms with van der Waals surface area (Å²) in [5, 5.41) is 13.9. The van der Waals surface area contributed by atoms with Gasteiger partial charge < -0.3 is 15.2 Å². The molecule has 2 N–H and O–H groups in total. The SMILES string of the molecule is COc1ccccc1CC(C)N[C@@H]1c2ccccc2C[C@@H]1O. The van der Waals surface area contributed by atoms with Gasteiger partial charge >= 0.3 is 0 Å². The van der Waals surface area contributed by atoms with Gasteiger partial charge in [0.15, 0.2) is 0 Å². The molecule has 1 aliphatic rings. The number of aliphatic hydroxyl groups is 1. The summed E-state index contributed by atoms with van der Waals surface area (Å²) >= 11 is 0. The molecule has 0 saturated heterocycles. The van der Waals surface area contributed by atoms with Crippen molar-refractivity contribution in [2.24, 2.45) is 0 Å². The first-order chi connectivity index (χ1) is 10.7. The molecule has 0 bridgehead atoms. The van der Waals surface area contributed by atoms with Gasteiger partial charge in [0.25, 0.3) is 0 Å². The minimum Gasteiger partial charge on any atom is -0.496 e. The van der Waals surface area contributed by atoms with Crippen LogP contribution in [-0.2, 0) is 12.8 Å². The molecule has 0 radical (unpaired) electrons. The van der Waals surface area contributed by atoms with Crippen LogP contribution in [0.4, 0.5) is 0 Å². The first-order valence-corrected chi connectivity index (χ1v) is 7.83. The fourth-order valence-corrected chi connectivity index (χ4v) is 3.34. The van der Waals surface area contributed by atoms with Crippen LogP contribution in [0.25, 0.3) is 0 Å².